The molecule has 0 saturated heterocycles. The largest absolute Gasteiger partial charge is 0.456 e. The number of nitrogens with zero attached hydrogens (tertiary/aromatic N) is 2. The highest BCUT2D eigenvalue weighted by molar-refractivity contribution is 7.14. The van der Waals surface area contributed by atoms with E-state index in [2.05, 4.69) is 20.6 Å². The zero-order chi connectivity index (χ0) is 23.1. The molecule has 0 bridgehead atoms. The molecule has 0 saturated carbocycles. The van der Waals surface area contributed by atoms with Crippen LogP contribution >= 0.6 is 22.7 Å². The van der Waals surface area contributed by atoms with Crippen molar-refractivity contribution in [1.82, 2.24) is 9.97 Å². The van der Waals surface area contributed by atoms with Crippen LogP contribution in [0.2, 0.25) is 0 Å². The van der Waals surface area contributed by atoms with Gasteiger partial charge >= 0.3 is 11.9 Å². The van der Waals surface area contributed by atoms with Gasteiger partial charge in [-0.3, -0.25) is 9.59 Å². The van der Waals surface area contributed by atoms with Crippen molar-refractivity contribution in [3.63, 3.8) is 0 Å². The van der Waals surface area contributed by atoms with Gasteiger partial charge in [0.15, 0.2) is 21.7 Å². The molecule has 0 aliphatic rings. The number of nitrogens with one attached hydrogen (secondary N) is 2. The highest BCUT2D eigenvalue weighted by atomic mass is 32.1. The number of carbonyl (C=O) groups excluding carboxylic acids is 4. The summed E-state index contributed by atoms with van der Waals surface area (Å²) in [4.78, 5) is 54.2. The Morgan fingerprint density at radius 1 is 0.750 bits per heavy atom. The first-order valence-electron chi connectivity index (χ1n) is 9.18. The Bertz CT molecular complexity index is 1050. The molecule has 0 fully saturated rings. The zero-order valence-electron chi connectivity index (χ0n) is 17.0. The molecule has 0 aliphatic heterocycles. The second kappa shape index (κ2) is 10.6. The molecule has 0 unspecified atom stereocenters. The second-order valence-electron chi connectivity index (χ2n) is 6.41. The van der Waals surface area contributed by atoms with Gasteiger partial charge in [-0.15, -0.1) is 22.7 Å². The van der Waals surface area contributed by atoms with E-state index in [9.17, 15) is 19.2 Å². The fourth-order valence-electron chi connectivity index (χ4n) is 2.33. The van der Waals surface area contributed by atoms with Crippen molar-refractivity contribution in [2.24, 2.45) is 0 Å². The average Bonchev–Trinajstić information content (AvgIpc) is 3.40. The molecule has 3 aromatic rings. The Morgan fingerprint density at radius 2 is 1.12 bits per heavy atom. The van der Waals surface area contributed by atoms with Gasteiger partial charge in [-0.25, -0.2) is 19.6 Å². The molecule has 12 heteroatoms. The number of rotatable bonds is 8. The number of amides is 2. The van der Waals surface area contributed by atoms with Crippen LogP contribution in [0.25, 0.3) is 0 Å². The number of ether oxygens (including phenoxy) is 2. The molecule has 2 aromatic heterocycles. The summed E-state index contributed by atoms with van der Waals surface area (Å²) < 4.78 is 10.5. The van der Waals surface area contributed by atoms with Crippen LogP contribution in [-0.4, -0.2) is 33.7 Å². The van der Waals surface area contributed by atoms with Gasteiger partial charge in [-0.2, -0.15) is 0 Å². The first-order chi connectivity index (χ1) is 15.3. The number of carbonyl (C=O) groups is 4. The van der Waals surface area contributed by atoms with E-state index in [0.29, 0.717) is 10.3 Å². The lowest BCUT2D eigenvalue weighted by atomic mass is 10.1. The van der Waals surface area contributed by atoms with E-state index in [-0.39, 0.29) is 36.4 Å². The molecule has 0 aliphatic carbocycles. The highest BCUT2D eigenvalue weighted by Gasteiger charge is 2.14. The van der Waals surface area contributed by atoms with E-state index in [1.165, 1.54) is 24.6 Å². The lowest BCUT2D eigenvalue weighted by Gasteiger charge is -2.06. The van der Waals surface area contributed by atoms with Gasteiger partial charge in [0.05, 0.1) is 0 Å². The van der Waals surface area contributed by atoms with Crippen LogP contribution in [0, 0.1) is 0 Å². The molecule has 10 nitrogen and oxygen atoms in total. The maximum atomic E-state index is 12.1. The third-order valence-corrected chi connectivity index (χ3v) is 5.27. The maximum absolute atomic E-state index is 12.1. The Hall–Kier alpha value is -3.64. The summed E-state index contributed by atoms with van der Waals surface area (Å²) in [5, 5.41) is 8.67. The predicted octanol–water partition coefficient (Wildman–Crippen LogP) is 3.23. The van der Waals surface area contributed by atoms with Gasteiger partial charge in [-0.05, 0) is 11.1 Å². The molecule has 2 heterocycles. The molecule has 1 aromatic carbocycles. The molecule has 0 radical (unpaired) electrons. The highest BCUT2D eigenvalue weighted by Crippen LogP contribution is 2.18. The summed E-state index contributed by atoms with van der Waals surface area (Å²) in [5.74, 6) is -1.74. The molecule has 2 amide bonds. The minimum Gasteiger partial charge on any atom is -0.456 e. The van der Waals surface area contributed by atoms with E-state index in [1.807, 2.05) is 0 Å². The Labute approximate surface area is 190 Å². The van der Waals surface area contributed by atoms with Crippen molar-refractivity contribution in [2.75, 3.05) is 10.6 Å². The van der Waals surface area contributed by atoms with Crippen LogP contribution in [0.15, 0.2) is 35.0 Å². The molecule has 2 N–H and O–H groups in total. The lowest BCUT2D eigenvalue weighted by molar-refractivity contribution is -0.115. The van der Waals surface area contributed by atoms with Gasteiger partial charge in [0, 0.05) is 24.6 Å². The zero-order valence-corrected chi connectivity index (χ0v) is 18.7. The fourth-order valence-corrected chi connectivity index (χ4v) is 3.78. The predicted molar refractivity (Wildman–Crippen MR) is 118 cm³/mol. The van der Waals surface area contributed by atoms with Gasteiger partial charge < -0.3 is 20.1 Å². The van der Waals surface area contributed by atoms with Gasteiger partial charge in [-0.1, -0.05) is 24.3 Å². The molecule has 0 atom stereocenters. The van der Waals surface area contributed by atoms with Crippen molar-refractivity contribution in [1.29, 1.82) is 0 Å². The van der Waals surface area contributed by atoms with Crippen LogP contribution in [0.4, 0.5) is 10.3 Å². The minimum absolute atomic E-state index is 0.0383. The summed E-state index contributed by atoms with van der Waals surface area (Å²) in [5.41, 5.74) is 1.72. The Kier molecular flexibility index (Phi) is 7.63. The van der Waals surface area contributed by atoms with E-state index >= 15 is 0 Å². The molecular weight excluding hydrogens is 456 g/mol. The summed E-state index contributed by atoms with van der Waals surface area (Å²) >= 11 is 2.26. The van der Waals surface area contributed by atoms with Crippen LogP contribution in [0.1, 0.15) is 46.0 Å². The third kappa shape index (κ3) is 6.68. The standard InChI is InChI=1S/C20H18N4O6S2/c1-11(25)21-19-23-15(9-31-19)17(27)29-7-13-3-5-14(6-4-13)8-30-18(28)16-10-32-20(24-16)22-12(2)26/h3-6,9-10H,7-8H2,1-2H3,(H,21,23,25)(H,22,24,26). The summed E-state index contributed by atoms with van der Waals surface area (Å²) in [6, 6.07) is 6.99. The Morgan fingerprint density at radius 3 is 1.47 bits per heavy atom. The minimum atomic E-state index is -0.599. The smallest absolute Gasteiger partial charge is 0.358 e. The quantitative estimate of drug-likeness (QED) is 0.475. The summed E-state index contributed by atoms with van der Waals surface area (Å²) in [7, 11) is 0. The van der Waals surface area contributed by atoms with Crippen LogP contribution in [-0.2, 0) is 32.3 Å². The van der Waals surface area contributed by atoms with Crippen molar-refractivity contribution < 1.29 is 28.7 Å². The molecular formula is C20H18N4O6S2. The van der Waals surface area contributed by atoms with E-state index < -0.39 is 11.9 Å². The number of benzene rings is 1. The summed E-state index contributed by atoms with van der Waals surface area (Å²) in [6.45, 7) is 2.79. The van der Waals surface area contributed by atoms with Gasteiger partial charge in [0.1, 0.15) is 13.2 Å². The molecule has 0 spiro atoms. The number of esters is 2. The van der Waals surface area contributed by atoms with Crippen LogP contribution in [0.3, 0.4) is 0 Å². The third-order valence-electron chi connectivity index (χ3n) is 3.76. The number of thiazole rings is 2. The van der Waals surface area contributed by atoms with Crippen LogP contribution in [0.5, 0.6) is 0 Å². The first kappa shape index (κ1) is 23.0. The maximum Gasteiger partial charge on any atom is 0.358 e. The van der Waals surface area contributed by atoms with Crippen molar-refractivity contribution >= 4 is 56.7 Å². The number of aromatic nitrogens is 2. The van der Waals surface area contributed by atoms with Crippen molar-refractivity contribution in [2.45, 2.75) is 27.1 Å². The van der Waals surface area contributed by atoms with E-state index in [4.69, 9.17) is 9.47 Å². The lowest BCUT2D eigenvalue weighted by Crippen LogP contribution is -2.09. The van der Waals surface area contributed by atoms with Gasteiger partial charge in [0.25, 0.3) is 0 Å². The Balaban J connectivity index is 1.46. The normalized spacial score (nSPS) is 10.3. The SMILES string of the molecule is CC(=O)Nc1nc(C(=O)OCc2ccc(COC(=O)c3csc(NC(C)=O)n3)cc2)cs1. The number of anilines is 2. The van der Waals surface area contributed by atoms with Crippen molar-refractivity contribution in [3.05, 3.63) is 57.5 Å². The molecule has 3 rings (SSSR count). The van der Waals surface area contributed by atoms with E-state index in [0.717, 1.165) is 33.8 Å². The monoisotopic (exact) mass is 474 g/mol. The molecule has 32 heavy (non-hydrogen) atoms. The fraction of sp³-hybridized carbons (Fsp3) is 0.200. The van der Waals surface area contributed by atoms with Crippen LogP contribution < -0.4 is 10.6 Å². The molecule has 166 valence electrons. The summed E-state index contributed by atoms with van der Waals surface area (Å²) in [6.07, 6.45) is 0. The van der Waals surface area contributed by atoms with E-state index in [1.54, 1.807) is 24.3 Å². The number of hydrogen-bond acceptors (Lipinski definition) is 10. The first-order valence-corrected chi connectivity index (χ1v) is 10.9. The number of hydrogen-bond donors (Lipinski definition) is 2. The van der Waals surface area contributed by atoms with Gasteiger partial charge in [0.2, 0.25) is 11.8 Å². The topological polar surface area (TPSA) is 137 Å². The average molecular weight is 475 g/mol. The van der Waals surface area contributed by atoms with Crippen molar-refractivity contribution in [3.8, 4) is 0 Å². The second-order valence-corrected chi connectivity index (χ2v) is 8.12.